The second kappa shape index (κ2) is 5.55. The van der Waals surface area contributed by atoms with Crippen LogP contribution in [-0.2, 0) is 6.18 Å². The minimum Gasteiger partial charge on any atom is -0.222 e. The number of terminal acetylenes is 1. The third-order valence-electron chi connectivity index (χ3n) is 2.53. The van der Waals surface area contributed by atoms with Crippen LogP contribution in [0.1, 0.15) is 11.3 Å². The Morgan fingerprint density at radius 2 is 1.80 bits per heavy atom. The highest BCUT2D eigenvalue weighted by Crippen LogP contribution is 2.31. The molecule has 6 heteroatoms. The summed E-state index contributed by atoms with van der Waals surface area (Å²) in [5.41, 5.74) is 0.490. The topological polar surface area (TPSA) is 25.8 Å². The van der Waals surface area contributed by atoms with Crippen LogP contribution in [0.2, 0.25) is 0 Å². The van der Waals surface area contributed by atoms with Crippen molar-refractivity contribution in [2.24, 2.45) is 0 Å². The fourth-order valence-corrected chi connectivity index (χ4v) is 1.93. The molecular formula is C14H9F3N2S. The molecule has 1 aromatic carbocycles. The van der Waals surface area contributed by atoms with Crippen LogP contribution in [0.4, 0.5) is 13.2 Å². The van der Waals surface area contributed by atoms with Crippen molar-refractivity contribution in [3.63, 3.8) is 0 Å². The summed E-state index contributed by atoms with van der Waals surface area (Å²) in [6.45, 7) is 0. The van der Waals surface area contributed by atoms with Gasteiger partial charge in [0.2, 0.25) is 0 Å². The first kappa shape index (κ1) is 14.4. The van der Waals surface area contributed by atoms with E-state index in [1.54, 1.807) is 30.5 Å². The highest BCUT2D eigenvalue weighted by Gasteiger charge is 2.33. The third-order valence-corrected chi connectivity index (χ3v) is 3.07. The molecule has 2 aromatic rings. The lowest BCUT2D eigenvalue weighted by molar-refractivity contribution is -0.141. The fraction of sp³-hybridized carbons (Fsp3) is 0.143. The quantitative estimate of drug-likeness (QED) is 0.478. The lowest BCUT2D eigenvalue weighted by Crippen LogP contribution is -2.09. The molecule has 20 heavy (non-hydrogen) atoms. The monoisotopic (exact) mass is 294 g/mol. The zero-order valence-corrected chi connectivity index (χ0v) is 11.2. The van der Waals surface area contributed by atoms with Crippen molar-refractivity contribution in [3.8, 4) is 23.6 Å². The van der Waals surface area contributed by atoms with E-state index in [0.29, 0.717) is 11.1 Å². The molecule has 0 N–H and O–H groups in total. The molecular weight excluding hydrogens is 285 g/mol. The van der Waals surface area contributed by atoms with Crippen LogP contribution in [0, 0.1) is 12.3 Å². The SMILES string of the molecule is C#Cc1ccc(-c2cc(C(F)(F)F)nc(SC)n2)cc1. The van der Waals surface area contributed by atoms with Gasteiger partial charge in [-0.15, -0.1) is 6.42 Å². The van der Waals surface area contributed by atoms with Crippen LogP contribution in [0.5, 0.6) is 0 Å². The molecule has 0 bridgehead atoms. The van der Waals surface area contributed by atoms with Crippen LogP contribution in [0.3, 0.4) is 0 Å². The normalized spacial score (nSPS) is 11.2. The zero-order valence-electron chi connectivity index (χ0n) is 10.4. The van der Waals surface area contributed by atoms with Crippen molar-refractivity contribution < 1.29 is 13.2 Å². The summed E-state index contributed by atoms with van der Waals surface area (Å²) in [5, 5.41) is 0.0795. The molecule has 0 amide bonds. The Morgan fingerprint density at radius 3 is 2.30 bits per heavy atom. The summed E-state index contributed by atoms with van der Waals surface area (Å²) >= 11 is 1.06. The molecule has 2 rings (SSSR count). The van der Waals surface area contributed by atoms with Crippen LogP contribution in [-0.4, -0.2) is 16.2 Å². The van der Waals surface area contributed by atoms with Crippen molar-refractivity contribution >= 4 is 11.8 Å². The number of rotatable bonds is 2. The Labute approximate surface area is 118 Å². The van der Waals surface area contributed by atoms with E-state index in [2.05, 4.69) is 15.9 Å². The minimum absolute atomic E-state index is 0.0795. The van der Waals surface area contributed by atoms with Gasteiger partial charge in [-0.25, -0.2) is 9.97 Å². The molecule has 0 unspecified atom stereocenters. The van der Waals surface area contributed by atoms with Crippen LogP contribution >= 0.6 is 11.8 Å². The predicted octanol–water partition coefficient (Wildman–Crippen LogP) is 3.87. The van der Waals surface area contributed by atoms with Gasteiger partial charge in [-0.05, 0) is 24.5 Å². The maximum absolute atomic E-state index is 12.8. The second-order valence-corrected chi connectivity index (χ2v) is 4.62. The second-order valence-electron chi connectivity index (χ2n) is 3.84. The van der Waals surface area contributed by atoms with Gasteiger partial charge < -0.3 is 0 Å². The lowest BCUT2D eigenvalue weighted by atomic mass is 10.1. The van der Waals surface area contributed by atoms with Crippen molar-refractivity contribution in [1.29, 1.82) is 0 Å². The maximum Gasteiger partial charge on any atom is 0.433 e. The average Bonchev–Trinajstić information content (AvgIpc) is 2.46. The first-order chi connectivity index (χ1) is 9.44. The standard InChI is InChI=1S/C14H9F3N2S/c1-3-9-4-6-10(7-5-9)11-8-12(14(15,16)17)19-13(18-11)20-2/h1,4-8H,2H3. The summed E-state index contributed by atoms with van der Waals surface area (Å²) in [6, 6.07) is 7.53. The van der Waals surface area contributed by atoms with E-state index in [9.17, 15) is 13.2 Å². The molecule has 0 atom stereocenters. The van der Waals surface area contributed by atoms with Crippen LogP contribution in [0.25, 0.3) is 11.3 Å². The summed E-state index contributed by atoms with van der Waals surface area (Å²) in [6.07, 6.45) is 2.36. The Morgan fingerprint density at radius 1 is 1.15 bits per heavy atom. The van der Waals surface area contributed by atoms with Gasteiger partial charge >= 0.3 is 6.18 Å². The number of benzene rings is 1. The van der Waals surface area contributed by atoms with E-state index in [1.165, 1.54) is 0 Å². The highest BCUT2D eigenvalue weighted by atomic mass is 32.2. The maximum atomic E-state index is 12.8. The van der Waals surface area contributed by atoms with Gasteiger partial charge in [0.05, 0.1) is 5.69 Å². The molecule has 0 aliphatic rings. The molecule has 0 saturated carbocycles. The Balaban J connectivity index is 2.52. The van der Waals surface area contributed by atoms with E-state index < -0.39 is 11.9 Å². The van der Waals surface area contributed by atoms with Crippen LogP contribution < -0.4 is 0 Å². The predicted molar refractivity (Wildman–Crippen MR) is 72.2 cm³/mol. The van der Waals surface area contributed by atoms with E-state index >= 15 is 0 Å². The lowest BCUT2D eigenvalue weighted by Gasteiger charge is -2.09. The number of thioether (sulfide) groups is 1. The molecule has 0 saturated heterocycles. The van der Waals surface area contributed by atoms with Gasteiger partial charge in [-0.3, -0.25) is 0 Å². The fourth-order valence-electron chi connectivity index (χ4n) is 1.55. The molecule has 1 aromatic heterocycles. The van der Waals surface area contributed by atoms with E-state index in [1.807, 2.05) is 0 Å². The summed E-state index contributed by atoms with van der Waals surface area (Å²) in [7, 11) is 0. The smallest absolute Gasteiger partial charge is 0.222 e. The van der Waals surface area contributed by atoms with Gasteiger partial charge in [-0.2, -0.15) is 13.2 Å². The van der Waals surface area contributed by atoms with Crippen molar-refractivity contribution in [2.75, 3.05) is 6.26 Å². The molecule has 0 fully saturated rings. The zero-order chi connectivity index (χ0) is 14.8. The molecule has 0 spiro atoms. The summed E-state index contributed by atoms with van der Waals surface area (Å²) < 4.78 is 38.4. The third kappa shape index (κ3) is 3.11. The number of hydrogen-bond acceptors (Lipinski definition) is 3. The highest BCUT2D eigenvalue weighted by molar-refractivity contribution is 7.98. The Kier molecular flexibility index (Phi) is 4.00. The number of alkyl halides is 3. The number of nitrogens with zero attached hydrogens (tertiary/aromatic N) is 2. The molecule has 0 radical (unpaired) electrons. The molecule has 0 aliphatic carbocycles. The molecule has 0 aliphatic heterocycles. The van der Waals surface area contributed by atoms with Crippen molar-refractivity contribution in [1.82, 2.24) is 9.97 Å². The number of aromatic nitrogens is 2. The average molecular weight is 294 g/mol. The van der Waals surface area contributed by atoms with Gasteiger partial charge in [0.1, 0.15) is 5.69 Å². The van der Waals surface area contributed by atoms with E-state index in [-0.39, 0.29) is 10.9 Å². The first-order valence-corrected chi connectivity index (χ1v) is 6.74. The molecule has 2 nitrogen and oxygen atoms in total. The van der Waals surface area contributed by atoms with Crippen molar-refractivity contribution in [2.45, 2.75) is 11.3 Å². The van der Waals surface area contributed by atoms with Gasteiger partial charge in [0.15, 0.2) is 5.16 Å². The van der Waals surface area contributed by atoms with Gasteiger partial charge in [-0.1, -0.05) is 29.8 Å². The molecule has 1 heterocycles. The number of hydrogen-bond donors (Lipinski definition) is 0. The van der Waals surface area contributed by atoms with E-state index in [0.717, 1.165) is 17.8 Å². The van der Waals surface area contributed by atoms with E-state index in [4.69, 9.17) is 6.42 Å². The Hall–Kier alpha value is -2.00. The summed E-state index contributed by atoms with van der Waals surface area (Å²) in [4.78, 5) is 7.57. The molecule has 102 valence electrons. The first-order valence-electron chi connectivity index (χ1n) is 5.51. The number of halogens is 3. The Bertz CT molecular complexity index is 658. The minimum atomic E-state index is -4.50. The largest absolute Gasteiger partial charge is 0.433 e. The summed E-state index contributed by atoms with van der Waals surface area (Å²) in [5.74, 6) is 2.45. The van der Waals surface area contributed by atoms with Crippen LogP contribution in [0.15, 0.2) is 35.5 Å². The van der Waals surface area contributed by atoms with Gasteiger partial charge in [0, 0.05) is 11.1 Å². The van der Waals surface area contributed by atoms with Gasteiger partial charge in [0.25, 0.3) is 0 Å². The van der Waals surface area contributed by atoms with Crippen molar-refractivity contribution in [3.05, 3.63) is 41.6 Å².